The predicted octanol–water partition coefficient (Wildman–Crippen LogP) is 5.64. The van der Waals surface area contributed by atoms with Gasteiger partial charge in [0.1, 0.15) is 12.2 Å². The highest BCUT2D eigenvalue weighted by Crippen LogP contribution is 2.71. The molecule has 38 heavy (non-hydrogen) atoms. The van der Waals surface area contributed by atoms with E-state index in [0.717, 1.165) is 30.8 Å². The van der Waals surface area contributed by atoms with E-state index >= 15 is 0 Å². The SMILES string of the molecule is CC(C)CCC[C@@H](C)[C@H]1CC[C@@]2(C)[C@@H]3CC=C4C[C@H](OS(=O)(=O)[O-])[C@@H](OS(=O)(=O)[O-])C[C@]4(C)C3=CC[C@]12C. The molecule has 10 heteroatoms. The normalized spacial score (nSPS) is 40.1. The average Bonchev–Trinajstić information content (AvgIpc) is 3.03. The van der Waals surface area contributed by atoms with E-state index in [-0.39, 0.29) is 29.6 Å². The molecule has 8 atom stereocenters. The van der Waals surface area contributed by atoms with E-state index < -0.39 is 38.4 Å². The summed E-state index contributed by atoms with van der Waals surface area (Å²) in [7, 11) is -10.3. The van der Waals surface area contributed by atoms with Crippen LogP contribution in [0.25, 0.3) is 0 Å². The molecule has 4 aliphatic rings. The second-order valence-electron chi connectivity index (χ2n) is 13.5. The Morgan fingerprint density at radius 3 is 2.18 bits per heavy atom. The van der Waals surface area contributed by atoms with E-state index in [4.69, 9.17) is 4.18 Å². The van der Waals surface area contributed by atoms with Crippen molar-refractivity contribution in [2.75, 3.05) is 0 Å². The minimum Gasteiger partial charge on any atom is -0.726 e. The fourth-order valence-corrected chi connectivity index (χ4v) is 9.80. The van der Waals surface area contributed by atoms with Crippen LogP contribution in [-0.4, -0.2) is 38.1 Å². The topological polar surface area (TPSA) is 133 Å². The highest BCUT2D eigenvalue weighted by molar-refractivity contribution is 7.81. The minimum atomic E-state index is -5.14. The van der Waals surface area contributed by atoms with Crippen LogP contribution in [-0.2, 0) is 29.2 Å². The van der Waals surface area contributed by atoms with Gasteiger partial charge in [0.25, 0.3) is 0 Å². The molecule has 0 saturated heterocycles. The molecule has 0 radical (unpaired) electrons. The van der Waals surface area contributed by atoms with Gasteiger partial charge >= 0.3 is 0 Å². The van der Waals surface area contributed by atoms with Gasteiger partial charge < -0.3 is 9.11 Å². The summed E-state index contributed by atoms with van der Waals surface area (Å²) < 4.78 is 78.2. The van der Waals surface area contributed by atoms with Gasteiger partial charge in [0.2, 0.25) is 20.8 Å². The minimum absolute atomic E-state index is 0.0196. The summed E-state index contributed by atoms with van der Waals surface area (Å²) >= 11 is 0. The van der Waals surface area contributed by atoms with Gasteiger partial charge in [-0.05, 0) is 73.0 Å². The maximum Gasteiger partial charge on any atom is 0.218 e. The molecular formula is C28H44O8S2-2. The maximum atomic E-state index is 11.5. The van der Waals surface area contributed by atoms with Crippen LogP contribution in [0.3, 0.4) is 0 Å². The van der Waals surface area contributed by atoms with Gasteiger partial charge in [-0.1, -0.05) is 84.1 Å². The Morgan fingerprint density at radius 1 is 0.947 bits per heavy atom. The lowest BCUT2D eigenvalue weighted by molar-refractivity contribution is -0.0299. The van der Waals surface area contributed by atoms with E-state index in [1.807, 2.05) is 6.92 Å². The first-order valence-corrected chi connectivity index (χ1v) is 16.7. The summed E-state index contributed by atoms with van der Waals surface area (Å²) in [6.45, 7) is 13.9. The lowest BCUT2D eigenvalue weighted by atomic mass is 9.45. The van der Waals surface area contributed by atoms with Crippen LogP contribution in [0.4, 0.5) is 0 Å². The van der Waals surface area contributed by atoms with Crippen molar-refractivity contribution in [2.45, 2.75) is 112 Å². The van der Waals surface area contributed by atoms with Crippen LogP contribution in [0.15, 0.2) is 23.3 Å². The predicted molar refractivity (Wildman–Crippen MR) is 142 cm³/mol. The first-order valence-electron chi connectivity index (χ1n) is 14.1. The summed E-state index contributed by atoms with van der Waals surface area (Å²) in [5.41, 5.74) is 1.75. The molecular weight excluding hydrogens is 528 g/mol. The third-order valence-electron chi connectivity index (χ3n) is 11.0. The Balaban J connectivity index is 1.64. The zero-order chi connectivity index (χ0) is 28.3. The van der Waals surface area contributed by atoms with Crippen molar-refractivity contribution in [1.29, 1.82) is 0 Å². The van der Waals surface area contributed by atoms with Crippen molar-refractivity contribution in [1.82, 2.24) is 0 Å². The summed E-state index contributed by atoms with van der Waals surface area (Å²) in [5.74, 6) is 2.24. The fourth-order valence-electron chi connectivity index (χ4n) is 8.81. The third kappa shape index (κ3) is 5.55. The first kappa shape index (κ1) is 30.2. The van der Waals surface area contributed by atoms with Gasteiger partial charge in [0, 0.05) is 5.41 Å². The standard InChI is InChI=1S/C28H46O8S2/c1-18(2)8-7-9-19(3)21-12-14-28(6)23-11-10-20-16-24(35-37(29,30)31)25(36-38(32,33)34)17-26(20,4)22(23)13-15-27(21,28)5/h10,13,18-19,21,23-25H,7-9,11-12,14-17H2,1-6H3,(H,29,30,31)(H,32,33,34)/p-2/t19-,21-,23-,24+,25+,26+,27-,28+/m1/s1. The van der Waals surface area contributed by atoms with Crippen molar-refractivity contribution in [3.63, 3.8) is 0 Å². The van der Waals surface area contributed by atoms with E-state index in [9.17, 15) is 25.9 Å². The Bertz CT molecular complexity index is 1190. The Hall–Kier alpha value is -0.780. The van der Waals surface area contributed by atoms with E-state index in [1.54, 1.807) is 0 Å². The molecule has 0 aromatic carbocycles. The van der Waals surface area contributed by atoms with Gasteiger partial charge in [-0.15, -0.1) is 0 Å². The number of hydrogen-bond donors (Lipinski definition) is 0. The molecule has 0 bridgehead atoms. The second-order valence-corrected chi connectivity index (χ2v) is 15.5. The second kappa shape index (κ2) is 10.2. The van der Waals surface area contributed by atoms with E-state index in [0.29, 0.717) is 11.8 Å². The smallest absolute Gasteiger partial charge is 0.218 e. The molecule has 0 aromatic heterocycles. The molecule has 0 amide bonds. The van der Waals surface area contributed by atoms with Gasteiger partial charge in [0.15, 0.2) is 0 Å². The molecule has 0 unspecified atom stereocenters. The molecule has 0 aliphatic heterocycles. The third-order valence-corrected chi connectivity index (χ3v) is 12.0. The van der Waals surface area contributed by atoms with Gasteiger partial charge in [-0.3, -0.25) is 8.37 Å². The van der Waals surface area contributed by atoms with Crippen molar-refractivity contribution < 1.29 is 34.3 Å². The zero-order valence-electron chi connectivity index (χ0n) is 23.6. The van der Waals surface area contributed by atoms with Crippen LogP contribution in [0.1, 0.15) is 99.3 Å². The molecule has 4 aliphatic carbocycles. The number of fused-ring (bicyclic) bond motifs is 5. The molecule has 0 spiro atoms. The molecule has 8 nitrogen and oxygen atoms in total. The zero-order valence-corrected chi connectivity index (χ0v) is 25.2. The molecule has 2 fully saturated rings. The van der Waals surface area contributed by atoms with Crippen LogP contribution in [0.2, 0.25) is 0 Å². The molecule has 4 rings (SSSR count). The van der Waals surface area contributed by atoms with Crippen molar-refractivity contribution in [3.05, 3.63) is 23.3 Å². The van der Waals surface area contributed by atoms with Crippen LogP contribution < -0.4 is 0 Å². The highest BCUT2D eigenvalue weighted by atomic mass is 32.3. The number of hydrogen-bond acceptors (Lipinski definition) is 8. The number of allylic oxidation sites excluding steroid dienone is 3. The average molecular weight is 573 g/mol. The summed E-state index contributed by atoms with van der Waals surface area (Å²) in [4.78, 5) is 0. The Labute approximate surface area is 229 Å². The maximum absolute atomic E-state index is 11.5. The molecule has 0 aromatic rings. The highest BCUT2D eigenvalue weighted by Gasteiger charge is 2.63. The first-order chi connectivity index (χ1) is 17.4. The quantitative estimate of drug-likeness (QED) is 0.197. The number of rotatable bonds is 9. The Kier molecular flexibility index (Phi) is 8.14. The van der Waals surface area contributed by atoms with Crippen molar-refractivity contribution in [2.24, 2.45) is 39.9 Å². The van der Waals surface area contributed by atoms with Crippen LogP contribution >= 0.6 is 0 Å². The summed E-state index contributed by atoms with van der Waals surface area (Å²) in [5, 5.41) is 0. The largest absolute Gasteiger partial charge is 0.726 e. The summed E-state index contributed by atoms with van der Waals surface area (Å²) in [6, 6.07) is 0. The lowest BCUT2D eigenvalue weighted by Crippen LogP contribution is -2.53. The fraction of sp³-hybridized carbons (Fsp3) is 0.857. The van der Waals surface area contributed by atoms with Crippen LogP contribution in [0, 0.1) is 39.9 Å². The van der Waals surface area contributed by atoms with E-state index in [1.165, 1.54) is 31.3 Å². The lowest BCUT2D eigenvalue weighted by Gasteiger charge is -2.59. The molecule has 218 valence electrons. The van der Waals surface area contributed by atoms with E-state index in [2.05, 4.69) is 51.0 Å². The van der Waals surface area contributed by atoms with Crippen LogP contribution in [0.5, 0.6) is 0 Å². The van der Waals surface area contributed by atoms with Crippen molar-refractivity contribution in [3.8, 4) is 0 Å². The van der Waals surface area contributed by atoms with Gasteiger partial charge in [-0.2, -0.15) is 0 Å². The van der Waals surface area contributed by atoms with Gasteiger partial charge in [-0.25, -0.2) is 16.8 Å². The molecule has 0 heterocycles. The summed E-state index contributed by atoms with van der Waals surface area (Å²) in [6.07, 6.45) is 9.63. The molecule has 2 saturated carbocycles. The monoisotopic (exact) mass is 572 g/mol. The Morgan fingerprint density at radius 2 is 1.58 bits per heavy atom. The van der Waals surface area contributed by atoms with Gasteiger partial charge in [0.05, 0.1) is 0 Å². The molecule has 0 N–H and O–H groups in total. The van der Waals surface area contributed by atoms with Crippen molar-refractivity contribution >= 4 is 20.8 Å².